The van der Waals surface area contributed by atoms with Crippen molar-refractivity contribution in [2.24, 2.45) is 0 Å². The summed E-state index contributed by atoms with van der Waals surface area (Å²) in [5.41, 5.74) is 6.01. The SMILES string of the molecule is CC1=C(c2nc(-c3ccc(C)cc3)no2)C(c2ccccc2)NC(=S)N1c1ccccc1. The lowest BCUT2D eigenvalue weighted by Crippen LogP contribution is -2.46. The van der Waals surface area contributed by atoms with Crippen molar-refractivity contribution < 1.29 is 4.52 Å². The van der Waals surface area contributed by atoms with Crippen molar-refractivity contribution in [1.29, 1.82) is 0 Å². The summed E-state index contributed by atoms with van der Waals surface area (Å²) in [6.07, 6.45) is 0. The second kappa shape index (κ2) is 8.40. The van der Waals surface area contributed by atoms with E-state index in [0.717, 1.165) is 28.1 Å². The summed E-state index contributed by atoms with van der Waals surface area (Å²) in [7, 11) is 0. The molecule has 32 heavy (non-hydrogen) atoms. The van der Waals surface area contributed by atoms with Crippen LogP contribution in [0, 0.1) is 6.92 Å². The van der Waals surface area contributed by atoms with Gasteiger partial charge in [0.2, 0.25) is 5.82 Å². The third-order valence-corrected chi connectivity index (χ3v) is 5.90. The molecule has 0 saturated heterocycles. The second-order valence-electron chi connectivity index (χ2n) is 7.75. The van der Waals surface area contributed by atoms with Crippen LogP contribution in [0.2, 0.25) is 0 Å². The second-order valence-corrected chi connectivity index (χ2v) is 8.14. The highest BCUT2D eigenvalue weighted by molar-refractivity contribution is 7.80. The standard InChI is InChI=1S/C26H22N4OS/c1-17-13-15-20(16-14-17)24-28-25(31-29-24)22-18(2)30(21-11-7-4-8-12-21)26(32)27-23(22)19-9-5-3-6-10-19/h3-16,23H,1-2H3,(H,27,32). The van der Waals surface area contributed by atoms with Gasteiger partial charge in [-0.2, -0.15) is 4.98 Å². The van der Waals surface area contributed by atoms with E-state index in [9.17, 15) is 0 Å². The molecule has 1 aromatic heterocycles. The first-order valence-corrected chi connectivity index (χ1v) is 10.8. The van der Waals surface area contributed by atoms with Gasteiger partial charge in [-0.05, 0) is 43.8 Å². The molecule has 0 bridgehead atoms. The first kappa shape index (κ1) is 20.2. The molecule has 0 aliphatic carbocycles. The van der Waals surface area contributed by atoms with Crippen LogP contribution in [0.5, 0.6) is 0 Å². The molecule has 0 fully saturated rings. The van der Waals surface area contributed by atoms with E-state index in [2.05, 4.69) is 29.5 Å². The number of aromatic nitrogens is 2. The fourth-order valence-corrected chi connectivity index (χ4v) is 4.32. The third kappa shape index (κ3) is 3.69. The Morgan fingerprint density at radius 3 is 2.22 bits per heavy atom. The van der Waals surface area contributed by atoms with Gasteiger partial charge in [0.1, 0.15) is 0 Å². The number of hydrogen-bond acceptors (Lipinski definition) is 4. The molecular weight excluding hydrogens is 416 g/mol. The van der Waals surface area contributed by atoms with Crippen LogP contribution >= 0.6 is 12.2 Å². The number of nitrogens with one attached hydrogen (secondary N) is 1. The van der Waals surface area contributed by atoms with Crippen LogP contribution in [0.1, 0.15) is 30.0 Å². The lowest BCUT2D eigenvalue weighted by atomic mass is 9.94. The zero-order chi connectivity index (χ0) is 22.1. The molecule has 1 unspecified atom stereocenters. The predicted octanol–water partition coefficient (Wildman–Crippen LogP) is 5.91. The fourth-order valence-electron chi connectivity index (χ4n) is 3.96. The minimum Gasteiger partial charge on any atom is -0.351 e. The van der Waals surface area contributed by atoms with Gasteiger partial charge in [-0.25, -0.2) is 0 Å². The van der Waals surface area contributed by atoms with Gasteiger partial charge in [-0.15, -0.1) is 0 Å². The number of para-hydroxylation sites is 1. The largest absolute Gasteiger partial charge is 0.351 e. The van der Waals surface area contributed by atoms with E-state index in [1.54, 1.807) is 0 Å². The van der Waals surface area contributed by atoms with Crippen molar-refractivity contribution in [2.75, 3.05) is 4.90 Å². The van der Waals surface area contributed by atoms with Gasteiger partial charge in [-0.1, -0.05) is 83.5 Å². The third-order valence-electron chi connectivity index (χ3n) is 5.60. The number of anilines is 1. The first-order valence-electron chi connectivity index (χ1n) is 10.4. The van der Waals surface area contributed by atoms with Crippen molar-refractivity contribution >= 4 is 28.6 Å². The molecule has 1 N–H and O–H groups in total. The Morgan fingerprint density at radius 2 is 1.53 bits per heavy atom. The summed E-state index contributed by atoms with van der Waals surface area (Å²) < 4.78 is 5.80. The van der Waals surface area contributed by atoms with Crippen molar-refractivity contribution in [3.63, 3.8) is 0 Å². The summed E-state index contributed by atoms with van der Waals surface area (Å²) in [6, 6.07) is 28.1. The van der Waals surface area contributed by atoms with E-state index in [1.165, 1.54) is 5.56 Å². The van der Waals surface area contributed by atoms with Gasteiger partial charge in [0, 0.05) is 16.9 Å². The number of aryl methyl sites for hydroxylation is 1. The highest BCUT2D eigenvalue weighted by Gasteiger charge is 2.34. The fraction of sp³-hybridized carbons (Fsp3) is 0.115. The van der Waals surface area contributed by atoms with Crippen molar-refractivity contribution in [2.45, 2.75) is 19.9 Å². The molecule has 0 radical (unpaired) electrons. The monoisotopic (exact) mass is 438 g/mol. The number of hydrogen-bond donors (Lipinski definition) is 1. The van der Waals surface area contributed by atoms with Crippen LogP contribution in [-0.4, -0.2) is 15.3 Å². The summed E-state index contributed by atoms with van der Waals surface area (Å²) >= 11 is 5.77. The van der Waals surface area contributed by atoms with Gasteiger partial charge in [0.25, 0.3) is 5.89 Å². The average molecular weight is 439 g/mol. The smallest absolute Gasteiger partial charge is 0.258 e. The summed E-state index contributed by atoms with van der Waals surface area (Å²) in [6.45, 7) is 4.10. The molecule has 0 saturated carbocycles. The van der Waals surface area contributed by atoms with Gasteiger partial charge in [-0.3, -0.25) is 4.90 Å². The van der Waals surface area contributed by atoms with E-state index in [0.29, 0.717) is 16.8 Å². The van der Waals surface area contributed by atoms with Gasteiger partial charge >= 0.3 is 0 Å². The quantitative estimate of drug-likeness (QED) is 0.400. The molecule has 3 aromatic carbocycles. The average Bonchev–Trinajstić information content (AvgIpc) is 3.30. The molecule has 1 aliphatic rings. The Morgan fingerprint density at radius 1 is 0.875 bits per heavy atom. The Hall–Kier alpha value is -3.77. The zero-order valence-electron chi connectivity index (χ0n) is 17.8. The van der Waals surface area contributed by atoms with Gasteiger partial charge in [0.05, 0.1) is 11.6 Å². The Kier molecular flexibility index (Phi) is 5.29. The summed E-state index contributed by atoms with van der Waals surface area (Å²) in [4.78, 5) is 6.78. The van der Waals surface area contributed by atoms with E-state index in [4.69, 9.17) is 21.7 Å². The van der Waals surface area contributed by atoms with Gasteiger partial charge < -0.3 is 9.84 Å². The summed E-state index contributed by atoms with van der Waals surface area (Å²) in [5.74, 6) is 1.04. The van der Waals surface area contributed by atoms with Crippen molar-refractivity contribution in [1.82, 2.24) is 15.5 Å². The summed E-state index contributed by atoms with van der Waals surface area (Å²) in [5, 5.41) is 8.39. The molecule has 4 aromatic rings. The van der Waals surface area contributed by atoms with Crippen LogP contribution in [0.4, 0.5) is 5.69 Å². The molecule has 0 spiro atoms. The van der Waals surface area contributed by atoms with E-state index in [1.807, 2.05) is 84.6 Å². The Balaban J connectivity index is 1.65. The van der Waals surface area contributed by atoms with E-state index >= 15 is 0 Å². The number of rotatable bonds is 4. The predicted molar refractivity (Wildman–Crippen MR) is 131 cm³/mol. The minimum atomic E-state index is -0.199. The van der Waals surface area contributed by atoms with Crippen LogP contribution in [0.15, 0.2) is 95.1 Å². The van der Waals surface area contributed by atoms with E-state index in [-0.39, 0.29) is 6.04 Å². The molecule has 6 heteroatoms. The normalized spacial score (nSPS) is 16.2. The van der Waals surface area contributed by atoms with Crippen molar-refractivity contribution in [3.05, 3.63) is 108 Å². The number of thiocarbonyl (C=S) groups is 1. The molecular formula is C26H22N4OS. The molecule has 2 heterocycles. The molecule has 158 valence electrons. The zero-order valence-corrected chi connectivity index (χ0v) is 18.6. The highest BCUT2D eigenvalue weighted by atomic mass is 32.1. The number of allylic oxidation sites excluding steroid dienone is 1. The number of nitrogens with zero attached hydrogens (tertiary/aromatic N) is 3. The van der Waals surface area contributed by atoms with Crippen LogP contribution in [0.3, 0.4) is 0 Å². The van der Waals surface area contributed by atoms with Gasteiger partial charge in [0.15, 0.2) is 5.11 Å². The lowest BCUT2D eigenvalue weighted by Gasteiger charge is -2.37. The number of benzene rings is 3. The molecule has 1 atom stereocenters. The molecule has 5 rings (SSSR count). The lowest BCUT2D eigenvalue weighted by molar-refractivity contribution is 0.404. The molecule has 1 aliphatic heterocycles. The van der Waals surface area contributed by atoms with E-state index < -0.39 is 0 Å². The first-order chi connectivity index (χ1) is 15.6. The van der Waals surface area contributed by atoms with Crippen LogP contribution < -0.4 is 10.2 Å². The van der Waals surface area contributed by atoms with Crippen LogP contribution in [0.25, 0.3) is 17.0 Å². The Bertz CT molecular complexity index is 1280. The topological polar surface area (TPSA) is 54.2 Å². The Labute approximate surface area is 192 Å². The maximum Gasteiger partial charge on any atom is 0.258 e. The maximum atomic E-state index is 5.80. The molecule has 5 nitrogen and oxygen atoms in total. The highest BCUT2D eigenvalue weighted by Crippen LogP contribution is 2.39. The van der Waals surface area contributed by atoms with Crippen molar-refractivity contribution in [3.8, 4) is 11.4 Å². The molecule has 0 amide bonds. The maximum absolute atomic E-state index is 5.80. The van der Waals surface area contributed by atoms with Crippen LogP contribution in [-0.2, 0) is 0 Å². The minimum absolute atomic E-state index is 0.199.